The first-order valence-corrected chi connectivity index (χ1v) is 9.85. The van der Waals surface area contributed by atoms with Crippen molar-refractivity contribution in [1.29, 1.82) is 0 Å². The molecule has 0 unspecified atom stereocenters. The van der Waals surface area contributed by atoms with Crippen molar-refractivity contribution in [3.8, 4) is 11.5 Å². The molecule has 0 atom stereocenters. The van der Waals surface area contributed by atoms with Crippen LogP contribution >= 0.6 is 0 Å². The fraction of sp³-hybridized carbons (Fsp3) is 0.364. The van der Waals surface area contributed by atoms with E-state index in [0.717, 1.165) is 0 Å². The number of hydrogen-bond donors (Lipinski definition) is 1. The van der Waals surface area contributed by atoms with E-state index in [-0.39, 0.29) is 30.8 Å². The topological polar surface area (TPSA) is 77.1 Å². The summed E-state index contributed by atoms with van der Waals surface area (Å²) in [6.07, 6.45) is 0. The van der Waals surface area contributed by atoms with Crippen molar-refractivity contribution in [2.24, 2.45) is 0 Å². The van der Waals surface area contributed by atoms with Gasteiger partial charge in [0.05, 0.1) is 19.8 Å². The summed E-state index contributed by atoms with van der Waals surface area (Å²) in [5.74, 6) is -0.126. The number of carbonyl (C=O) groups is 2. The SMILES string of the molecule is CCOc1cc(C(=O)NCc2ccccc2F)ccc1OCC(=O)N1CCOCC1. The maximum Gasteiger partial charge on any atom is 0.260 e. The number of ether oxygens (including phenoxy) is 3. The normalized spacial score (nSPS) is 13.6. The van der Waals surface area contributed by atoms with Crippen LogP contribution in [0.15, 0.2) is 42.5 Å². The van der Waals surface area contributed by atoms with Gasteiger partial charge in [-0.05, 0) is 31.2 Å². The molecule has 3 rings (SSSR count). The van der Waals surface area contributed by atoms with Crippen LogP contribution in [0.5, 0.6) is 11.5 Å². The van der Waals surface area contributed by atoms with E-state index in [0.29, 0.717) is 55.5 Å². The van der Waals surface area contributed by atoms with Gasteiger partial charge in [-0.1, -0.05) is 18.2 Å². The Morgan fingerprint density at radius 3 is 2.60 bits per heavy atom. The van der Waals surface area contributed by atoms with Gasteiger partial charge in [0.2, 0.25) is 0 Å². The van der Waals surface area contributed by atoms with Crippen molar-refractivity contribution in [2.75, 3.05) is 39.5 Å². The molecule has 160 valence electrons. The Balaban J connectivity index is 1.62. The first-order chi connectivity index (χ1) is 14.6. The summed E-state index contributed by atoms with van der Waals surface area (Å²) >= 11 is 0. The number of benzene rings is 2. The molecule has 0 aliphatic carbocycles. The van der Waals surface area contributed by atoms with Gasteiger partial charge in [-0.15, -0.1) is 0 Å². The summed E-state index contributed by atoms with van der Waals surface area (Å²) in [4.78, 5) is 26.4. The lowest BCUT2D eigenvalue weighted by Gasteiger charge is -2.26. The van der Waals surface area contributed by atoms with Crippen molar-refractivity contribution in [1.82, 2.24) is 10.2 Å². The Morgan fingerprint density at radius 2 is 1.87 bits per heavy atom. The van der Waals surface area contributed by atoms with Crippen molar-refractivity contribution in [2.45, 2.75) is 13.5 Å². The largest absolute Gasteiger partial charge is 0.490 e. The van der Waals surface area contributed by atoms with Crippen molar-refractivity contribution in [3.05, 3.63) is 59.4 Å². The lowest BCUT2D eigenvalue weighted by molar-refractivity contribution is -0.137. The summed E-state index contributed by atoms with van der Waals surface area (Å²) in [5.41, 5.74) is 0.749. The summed E-state index contributed by atoms with van der Waals surface area (Å²) in [6.45, 7) is 4.25. The fourth-order valence-corrected chi connectivity index (χ4v) is 3.00. The zero-order chi connectivity index (χ0) is 21.3. The molecule has 2 amide bonds. The van der Waals surface area contributed by atoms with Gasteiger partial charge in [-0.3, -0.25) is 9.59 Å². The van der Waals surface area contributed by atoms with Gasteiger partial charge in [-0.25, -0.2) is 4.39 Å². The van der Waals surface area contributed by atoms with Gasteiger partial charge >= 0.3 is 0 Å². The lowest BCUT2D eigenvalue weighted by atomic mass is 10.1. The van der Waals surface area contributed by atoms with E-state index in [1.54, 1.807) is 41.3 Å². The smallest absolute Gasteiger partial charge is 0.260 e. The summed E-state index contributed by atoms with van der Waals surface area (Å²) in [7, 11) is 0. The Morgan fingerprint density at radius 1 is 1.10 bits per heavy atom. The molecule has 1 aliphatic rings. The lowest BCUT2D eigenvalue weighted by Crippen LogP contribution is -2.43. The van der Waals surface area contributed by atoms with E-state index in [4.69, 9.17) is 14.2 Å². The third kappa shape index (κ3) is 5.70. The molecule has 1 N–H and O–H groups in total. The van der Waals surface area contributed by atoms with Crippen LogP contribution < -0.4 is 14.8 Å². The zero-order valence-electron chi connectivity index (χ0n) is 16.9. The highest BCUT2D eigenvalue weighted by atomic mass is 19.1. The molecule has 30 heavy (non-hydrogen) atoms. The van der Waals surface area contributed by atoms with Gasteiger partial charge < -0.3 is 24.4 Å². The second-order valence-electron chi connectivity index (χ2n) is 6.65. The predicted molar refractivity (Wildman–Crippen MR) is 108 cm³/mol. The number of amides is 2. The molecule has 2 aromatic rings. The Kier molecular flexibility index (Phi) is 7.62. The first kappa shape index (κ1) is 21.6. The van der Waals surface area contributed by atoms with E-state index in [1.165, 1.54) is 6.07 Å². The molecule has 1 saturated heterocycles. The van der Waals surface area contributed by atoms with Gasteiger partial charge in [0.25, 0.3) is 11.8 Å². The third-order valence-electron chi connectivity index (χ3n) is 4.62. The maximum atomic E-state index is 13.7. The second-order valence-corrected chi connectivity index (χ2v) is 6.65. The van der Waals surface area contributed by atoms with Gasteiger partial charge in [0, 0.05) is 30.8 Å². The molecule has 0 bridgehead atoms. The van der Waals surface area contributed by atoms with Crippen LogP contribution in [0.25, 0.3) is 0 Å². The number of carbonyl (C=O) groups excluding carboxylic acids is 2. The van der Waals surface area contributed by atoms with Gasteiger partial charge in [0.1, 0.15) is 5.82 Å². The molecular weight excluding hydrogens is 391 g/mol. The standard InChI is InChI=1S/C22H25FN2O5/c1-2-29-20-13-16(22(27)24-14-17-5-3-4-6-18(17)23)7-8-19(20)30-15-21(26)25-9-11-28-12-10-25/h3-8,13H,2,9-12,14-15H2,1H3,(H,24,27). The highest BCUT2D eigenvalue weighted by Crippen LogP contribution is 2.28. The van der Waals surface area contributed by atoms with Gasteiger partial charge in [0.15, 0.2) is 18.1 Å². The molecule has 0 aromatic heterocycles. The molecule has 8 heteroatoms. The van der Waals surface area contributed by atoms with Crippen molar-refractivity contribution >= 4 is 11.8 Å². The molecule has 0 radical (unpaired) electrons. The number of hydrogen-bond acceptors (Lipinski definition) is 5. The van der Waals surface area contributed by atoms with E-state index < -0.39 is 0 Å². The van der Waals surface area contributed by atoms with E-state index in [1.807, 2.05) is 6.92 Å². The zero-order valence-corrected chi connectivity index (χ0v) is 16.9. The first-order valence-electron chi connectivity index (χ1n) is 9.85. The number of nitrogens with one attached hydrogen (secondary N) is 1. The van der Waals surface area contributed by atoms with Gasteiger partial charge in [-0.2, -0.15) is 0 Å². The average Bonchev–Trinajstić information content (AvgIpc) is 2.78. The van der Waals surface area contributed by atoms with Crippen LogP contribution in [0.1, 0.15) is 22.8 Å². The number of morpholine rings is 1. The molecule has 1 heterocycles. The molecule has 1 fully saturated rings. The van der Waals surface area contributed by atoms with Crippen LogP contribution in [0.4, 0.5) is 4.39 Å². The Bertz CT molecular complexity index is 884. The maximum absolute atomic E-state index is 13.7. The highest BCUT2D eigenvalue weighted by Gasteiger charge is 2.19. The van der Waals surface area contributed by atoms with Crippen LogP contribution in [-0.2, 0) is 16.1 Å². The average molecular weight is 416 g/mol. The third-order valence-corrected chi connectivity index (χ3v) is 4.62. The Hall–Kier alpha value is -3.13. The quantitative estimate of drug-likeness (QED) is 0.715. The minimum Gasteiger partial charge on any atom is -0.490 e. The van der Waals surface area contributed by atoms with E-state index in [2.05, 4.69) is 5.32 Å². The molecule has 7 nitrogen and oxygen atoms in total. The second kappa shape index (κ2) is 10.6. The van der Waals surface area contributed by atoms with E-state index >= 15 is 0 Å². The number of nitrogens with zero attached hydrogens (tertiary/aromatic N) is 1. The highest BCUT2D eigenvalue weighted by molar-refractivity contribution is 5.94. The number of halogens is 1. The summed E-state index contributed by atoms with van der Waals surface area (Å²) < 4.78 is 30.2. The van der Waals surface area contributed by atoms with Crippen molar-refractivity contribution in [3.63, 3.8) is 0 Å². The van der Waals surface area contributed by atoms with E-state index in [9.17, 15) is 14.0 Å². The monoisotopic (exact) mass is 416 g/mol. The molecular formula is C22H25FN2O5. The Labute approximate surface area is 174 Å². The van der Waals surface area contributed by atoms with Crippen LogP contribution in [0, 0.1) is 5.82 Å². The molecule has 0 spiro atoms. The van der Waals surface area contributed by atoms with Crippen LogP contribution in [-0.4, -0.2) is 56.2 Å². The number of rotatable bonds is 8. The molecule has 1 aliphatic heterocycles. The predicted octanol–water partition coefficient (Wildman–Crippen LogP) is 2.39. The van der Waals surface area contributed by atoms with Crippen LogP contribution in [0.2, 0.25) is 0 Å². The fourth-order valence-electron chi connectivity index (χ4n) is 3.00. The summed E-state index contributed by atoms with van der Waals surface area (Å²) in [5, 5.41) is 2.69. The van der Waals surface area contributed by atoms with Crippen molar-refractivity contribution < 1.29 is 28.2 Å². The summed E-state index contributed by atoms with van der Waals surface area (Å²) in [6, 6.07) is 11.0. The van der Waals surface area contributed by atoms with Crippen LogP contribution in [0.3, 0.4) is 0 Å². The molecule has 0 saturated carbocycles. The minimum atomic E-state index is -0.374. The minimum absolute atomic E-state index is 0.0712. The molecule has 2 aromatic carbocycles.